The van der Waals surface area contributed by atoms with Crippen molar-refractivity contribution in [1.29, 1.82) is 0 Å². The first-order valence-electron chi connectivity index (χ1n) is 9.34. The molecule has 0 radical (unpaired) electrons. The van der Waals surface area contributed by atoms with E-state index >= 15 is 0 Å². The Kier molecular flexibility index (Phi) is 5.19. The van der Waals surface area contributed by atoms with Gasteiger partial charge in [-0.25, -0.2) is 4.68 Å². The lowest BCUT2D eigenvalue weighted by atomic mass is 10.1. The van der Waals surface area contributed by atoms with Crippen molar-refractivity contribution < 1.29 is 24.3 Å². The van der Waals surface area contributed by atoms with Gasteiger partial charge in [0.05, 0.1) is 23.0 Å². The fourth-order valence-corrected chi connectivity index (χ4v) is 3.14. The first kappa shape index (κ1) is 19.8. The van der Waals surface area contributed by atoms with Gasteiger partial charge in [-0.15, -0.1) is 0 Å². The number of fused-ring (bicyclic) bond motifs is 1. The third kappa shape index (κ3) is 3.86. The second kappa shape index (κ2) is 8.11. The topological polar surface area (TPSA) is 134 Å². The minimum Gasteiger partial charge on any atom is -0.504 e. The van der Waals surface area contributed by atoms with Gasteiger partial charge in [0.2, 0.25) is 5.91 Å². The fraction of sp³-hybridized carbons (Fsp3) is 0.0952. The van der Waals surface area contributed by atoms with Gasteiger partial charge < -0.3 is 5.11 Å². The Morgan fingerprint density at radius 2 is 1.52 bits per heavy atom. The van der Waals surface area contributed by atoms with Crippen molar-refractivity contribution in [2.24, 2.45) is 0 Å². The summed E-state index contributed by atoms with van der Waals surface area (Å²) < 4.78 is 1.33. The molecule has 1 aliphatic heterocycles. The molecule has 2 heterocycles. The van der Waals surface area contributed by atoms with Crippen LogP contribution in [-0.4, -0.2) is 50.0 Å². The molecular weight excluding hydrogens is 402 g/mol. The number of amides is 4. The largest absolute Gasteiger partial charge is 0.504 e. The molecule has 0 bridgehead atoms. The third-order valence-corrected chi connectivity index (χ3v) is 4.69. The first-order chi connectivity index (χ1) is 15.0. The van der Waals surface area contributed by atoms with Crippen molar-refractivity contribution in [1.82, 2.24) is 25.5 Å². The highest BCUT2D eigenvalue weighted by Crippen LogP contribution is 2.22. The number of hydrazine groups is 1. The number of hydrogen-bond donors (Lipinski definition) is 3. The number of carbonyl (C=O) groups is 4. The molecular formula is C21H17N5O5. The van der Waals surface area contributed by atoms with Crippen LogP contribution in [-0.2, 0) is 4.79 Å². The standard InChI is InChI=1S/C21H17N5O5/c27-16-12-26(13-6-2-1-3-7-13)24-18(16)19(29)23-22-17(28)10-11-25-20(30)14-8-4-5-9-15(14)21(25)31/h1-9,12,27H,10-11H2,(H,22,28)(H,23,29). The van der Waals surface area contributed by atoms with Crippen LogP contribution in [0.5, 0.6) is 5.75 Å². The van der Waals surface area contributed by atoms with Crippen molar-refractivity contribution >= 4 is 23.6 Å². The summed E-state index contributed by atoms with van der Waals surface area (Å²) in [5, 5.41) is 14.0. The highest BCUT2D eigenvalue weighted by atomic mass is 16.3. The van der Waals surface area contributed by atoms with Gasteiger partial charge in [-0.05, 0) is 24.3 Å². The SMILES string of the molecule is O=C(CCN1C(=O)c2ccccc2C1=O)NNC(=O)c1nn(-c2ccccc2)cc1O. The van der Waals surface area contributed by atoms with Crippen molar-refractivity contribution in [3.8, 4) is 11.4 Å². The molecule has 1 aromatic heterocycles. The van der Waals surface area contributed by atoms with Crippen molar-refractivity contribution in [2.75, 3.05) is 6.54 Å². The molecule has 0 spiro atoms. The summed E-state index contributed by atoms with van der Waals surface area (Å²) in [5.74, 6) is -2.72. The van der Waals surface area contributed by atoms with Gasteiger partial charge in [0.1, 0.15) is 0 Å². The summed E-state index contributed by atoms with van der Waals surface area (Å²) in [4.78, 5) is 49.9. The molecule has 156 valence electrons. The Morgan fingerprint density at radius 1 is 0.903 bits per heavy atom. The van der Waals surface area contributed by atoms with Gasteiger partial charge in [0, 0.05) is 13.0 Å². The van der Waals surface area contributed by atoms with Crippen LogP contribution < -0.4 is 10.9 Å². The Labute approximate surface area is 176 Å². The normalized spacial score (nSPS) is 12.6. The molecule has 0 fully saturated rings. The smallest absolute Gasteiger partial charge is 0.294 e. The molecule has 0 aliphatic carbocycles. The summed E-state index contributed by atoms with van der Waals surface area (Å²) >= 11 is 0. The number of imide groups is 1. The molecule has 31 heavy (non-hydrogen) atoms. The number of aromatic nitrogens is 2. The molecule has 0 unspecified atom stereocenters. The summed E-state index contributed by atoms with van der Waals surface area (Å²) in [7, 11) is 0. The molecule has 4 rings (SSSR count). The Bertz CT molecular complexity index is 1150. The van der Waals surface area contributed by atoms with E-state index in [0.717, 1.165) is 4.90 Å². The number of para-hydroxylation sites is 1. The Hall–Kier alpha value is -4.47. The number of rotatable bonds is 5. The number of benzene rings is 2. The van der Waals surface area contributed by atoms with Crippen LogP contribution in [0.1, 0.15) is 37.6 Å². The van der Waals surface area contributed by atoms with Crippen LogP contribution in [0.2, 0.25) is 0 Å². The Balaban J connectivity index is 1.32. The zero-order valence-electron chi connectivity index (χ0n) is 16.1. The molecule has 2 aromatic carbocycles. The molecule has 10 heteroatoms. The lowest BCUT2D eigenvalue weighted by Crippen LogP contribution is -2.43. The zero-order chi connectivity index (χ0) is 22.0. The minimum absolute atomic E-state index is 0.137. The van der Waals surface area contributed by atoms with E-state index in [-0.39, 0.29) is 24.4 Å². The summed E-state index contributed by atoms with van der Waals surface area (Å²) in [6.07, 6.45) is 1.06. The van der Waals surface area contributed by atoms with E-state index in [2.05, 4.69) is 16.0 Å². The number of hydrogen-bond acceptors (Lipinski definition) is 6. The molecule has 10 nitrogen and oxygen atoms in total. The number of nitrogens with one attached hydrogen (secondary N) is 2. The van der Waals surface area contributed by atoms with E-state index in [1.165, 1.54) is 10.9 Å². The predicted octanol–water partition coefficient (Wildman–Crippen LogP) is 1.03. The fourth-order valence-electron chi connectivity index (χ4n) is 3.14. The summed E-state index contributed by atoms with van der Waals surface area (Å²) in [6, 6.07) is 15.3. The maximum absolute atomic E-state index is 12.3. The second-order valence-corrected chi connectivity index (χ2v) is 6.70. The first-order valence-corrected chi connectivity index (χ1v) is 9.34. The number of aromatic hydroxyl groups is 1. The van der Waals surface area contributed by atoms with Crippen LogP contribution in [0.4, 0.5) is 0 Å². The molecule has 3 N–H and O–H groups in total. The van der Waals surface area contributed by atoms with Crippen LogP contribution in [0, 0.1) is 0 Å². The van der Waals surface area contributed by atoms with Gasteiger partial charge >= 0.3 is 0 Å². The van der Waals surface area contributed by atoms with Crippen LogP contribution in [0.15, 0.2) is 60.8 Å². The average Bonchev–Trinajstić information content (AvgIpc) is 3.29. The van der Waals surface area contributed by atoms with E-state index < -0.39 is 23.6 Å². The molecule has 1 aliphatic rings. The Morgan fingerprint density at radius 3 is 2.16 bits per heavy atom. The molecule has 3 aromatic rings. The average molecular weight is 419 g/mol. The van der Waals surface area contributed by atoms with E-state index in [9.17, 15) is 24.3 Å². The van der Waals surface area contributed by atoms with Gasteiger partial charge in [-0.1, -0.05) is 30.3 Å². The zero-order valence-corrected chi connectivity index (χ0v) is 16.1. The quantitative estimate of drug-likeness (QED) is 0.418. The highest BCUT2D eigenvalue weighted by molar-refractivity contribution is 6.21. The van der Waals surface area contributed by atoms with Crippen molar-refractivity contribution in [2.45, 2.75) is 6.42 Å². The van der Waals surface area contributed by atoms with Crippen LogP contribution in [0.3, 0.4) is 0 Å². The molecule has 0 atom stereocenters. The maximum atomic E-state index is 12.3. The molecule has 0 saturated carbocycles. The van der Waals surface area contributed by atoms with Crippen molar-refractivity contribution in [3.05, 3.63) is 77.6 Å². The van der Waals surface area contributed by atoms with Gasteiger partial charge in [-0.3, -0.25) is 34.9 Å². The molecule has 0 saturated heterocycles. The van der Waals surface area contributed by atoms with E-state index in [4.69, 9.17) is 0 Å². The van der Waals surface area contributed by atoms with E-state index in [1.54, 1.807) is 48.5 Å². The predicted molar refractivity (Wildman–Crippen MR) is 107 cm³/mol. The van der Waals surface area contributed by atoms with E-state index in [1.807, 2.05) is 6.07 Å². The second-order valence-electron chi connectivity index (χ2n) is 6.70. The van der Waals surface area contributed by atoms with Gasteiger partial charge in [0.15, 0.2) is 11.4 Å². The summed E-state index contributed by atoms with van der Waals surface area (Å²) in [5.41, 5.74) is 5.30. The van der Waals surface area contributed by atoms with Gasteiger partial charge in [0.25, 0.3) is 17.7 Å². The highest BCUT2D eigenvalue weighted by Gasteiger charge is 2.35. The van der Waals surface area contributed by atoms with Crippen molar-refractivity contribution in [3.63, 3.8) is 0 Å². The van der Waals surface area contributed by atoms with Crippen LogP contribution >= 0.6 is 0 Å². The summed E-state index contributed by atoms with van der Waals surface area (Å²) in [6.45, 7) is -0.137. The number of nitrogens with zero attached hydrogens (tertiary/aromatic N) is 3. The lowest BCUT2D eigenvalue weighted by Gasteiger charge is -2.13. The molecule has 4 amide bonds. The third-order valence-electron chi connectivity index (χ3n) is 4.69. The maximum Gasteiger partial charge on any atom is 0.294 e. The minimum atomic E-state index is -0.818. The van der Waals surface area contributed by atoms with E-state index in [0.29, 0.717) is 16.8 Å². The monoisotopic (exact) mass is 419 g/mol. The van der Waals surface area contributed by atoms with Crippen LogP contribution in [0.25, 0.3) is 5.69 Å². The van der Waals surface area contributed by atoms with Gasteiger partial charge in [-0.2, -0.15) is 5.10 Å². The lowest BCUT2D eigenvalue weighted by molar-refractivity contribution is -0.121. The number of carbonyl (C=O) groups excluding carboxylic acids is 4.